The average Bonchev–Trinajstić information content (AvgIpc) is 2.81. The summed E-state index contributed by atoms with van der Waals surface area (Å²) in [5, 5.41) is 12.3. The third-order valence-corrected chi connectivity index (χ3v) is 5.87. The van der Waals surface area contributed by atoms with Gasteiger partial charge in [0.2, 0.25) is 0 Å². The number of benzene rings is 2. The lowest BCUT2D eigenvalue weighted by Gasteiger charge is -2.38. The minimum atomic E-state index is -1.04. The molecule has 2 atom stereocenters. The lowest BCUT2D eigenvalue weighted by atomic mass is 9.87. The second kappa shape index (κ2) is 10.5. The van der Waals surface area contributed by atoms with E-state index < -0.39 is 24.1 Å². The van der Waals surface area contributed by atoms with Crippen LogP contribution in [0.3, 0.4) is 0 Å². The van der Waals surface area contributed by atoms with E-state index in [0.29, 0.717) is 36.6 Å². The number of urea groups is 1. The highest BCUT2D eigenvalue weighted by Gasteiger charge is 2.35. The van der Waals surface area contributed by atoms with Gasteiger partial charge < -0.3 is 29.5 Å². The molecule has 2 aromatic carbocycles. The van der Waals surface area contributed by atoms with Crippen molar-refractivity contribution in [1.82, 2.24) is 10.2 Å². The first-order valence-electron chi connectivity index (χ1n) is 11.0. The Kier molecular flexibility index (Phi) is 7.68. The average molecular weight is 457 g/mol. The molecule has 2 aromatic rings. The van der Waals surface area contributed by atoms with Gasteiger partial charge in [0.25, 0.3) is 0 Å². The Morgan fingerprint density at radius 2 is 1.70 bits per heavy atom. The number of nitrogens with one attached hydrogen (secondary N) is 1. The highest BCUT2D eigenvalue weighted by Crippen LogP contribution is 2.41. The first kappa shape index (κ1) is 24.2. The fourth-order valence-electron chi connectivity index (χ4n) is 4.24. The van der Waals surface area contributed by atoms with Crippen LogP contribution in [0.15, 0.2) is 36.4 Å². The molecule has 178 valence electrons. The minimum Gasteiger partial charge on any atom is -0.497 e. The second-order valence-corrected chi connectivity index (χ2v) is 8.49. The first-order valence-corrected chi connectivity index (χ1v) is 11.0. The summed E-state index contributed by atoms with van der Waals surface area (Å²) < 4.78 is 16.3. The van der Waals surface area contributed by atoms with Crippen LogP contribution < -0.4 is 19.5 Å². The third-order valence-electron chi connectivity index (χ3n) is 5.87. The maximum atomic E-state index is 13.4. The molecule has 0 fully saturated rings. The summed E-state index contributed by atoms with van der Waals surface area (Å²) in [6, 6.07) is 9.57. The van der Waals surface area contributed by atoms with Gasteiger partial charge in [-0.2, -0.15) is 0 Å². The van der Waals surface area contributed by atoms with Crippen molar-refractivity contribution in [2.24, 2.45) is 5.92 Å². The zero-order chi connectivity index (χ0) is 24.1. The van der Waals surface area contributed by atoms with Crippen LogP contribution in [0.1, 0.15) is 43.0 Å². The molecule has 0 aliphatic carbocycles. The van der Waals surface area contributed by atoms with Crippen LogP contribution >= 0.6 is 0 Å². The van der Waals surface area contributed by atoms with Gasteiger partial charge in [-0.25, -0.2) is 9.59 Å². The molecule has 0 bridgehead atoms. The normalized spacial score (nSPS) is 16.1. The summed E-state index contributed by atoms with van der Waals surface area (Å²) in [6.45, 7) is 4.29. The monoisotopic (exact) mass is 456 g/mol. The Balaban J connectivity index is 2.04. The van der Waals surface area contributed by atoms with Crippen molar-refractivity contribution in [3.05, 3.63) is 53.1 Å². The predicted molar refractivity (Wildman–Crippen MR) is 124 cm³/mol. The molecule has 2 N–H and O–H groups in total. The van der Waals surface area contributed by atoms with Gasteiger partial charge in [0.15, 0.2) is 11.5 Å². The van der Waals surface area contributed by atoms with Crippen LogP contribution in [0.25, 0.3) is 0 Å². The molecule has 0 saturated carbocycles. The van der Waals surface area contributed by atoms with Crippen LogP contribution in [0, 0.1) is 5.92 Å². The molecule has 0 aromatic heterocycles. The molecule has 0 radical (unpaired) electrons. The van der Waals surface area contributed by atoms with E-state index in [4.69, 9.17) is 14.2 Å². The second-order valence-electron chi connectivity index (χ2n) is 8.49. The molecule has 8 heteroatoms. The Morgan fingerprint density at radius 3 is 2.24 bits per heavy atom. The summed E-state index contributed by atoms with van der Waals surface area (Å²) in [7, 11) is 4.76. The number of carboxylic acid groups (broad SMARTS) is 1. The number of hydrogen-bond acceptors (Lipinski definition) is 5. The fourth-order valence-corrected chi connectivity index (χ4v) is 4.24. The number of fused-ring (bicyclic) bond motifs is 1. The van der Waals surface area contributed by atoms with Gasteiger partial charge >= 0.3 is 12.0 Å². The number of hydrogen-bond donors (Lipinski definition) is 2. The standard InChI is InChI=1S/C25H32N2O6/c1-15(2)12-20(24(28)29)26-25(30)27-11-10-17-13-21(32-4)22(33-5)14-19(17)23(27)16-6-8-18(31-3)9-7-16/h6-9,13-15,20,23H,10-12H2,1-5H3,(H,26,30)(H,28,29)/t20-,23+/m0/s1. The molecule has 0 spiro atoms. The zero-order valence-electron chi connectivity index (χ0n) is 19.8. The predicted octanol–water partition coefficient (Wildman–Crippen LogP) is 3.87. The largest absolute Gasteiger partial charge is 0.497 e. The quantitative estimate of drug-likeness (QED) is 0.626. The first-order chi connectivity index (χ1) is 15.8. The van der Waals surface area contributed by atoms with Gasteiger partial charge in [0, 0.05) is 6.54 Å². The van der Waals surface area contributed by atoms with E-state index >= 15 is 0 Å². The summed E-state index contributed by atoms with van der Waals surface area (Å²) in [5.74, 6) is 0.996. The van der Waals surface area contributed by atoms with E-state index in [1.165, 1.54) is 0 Å². The van der Waals surface area contributed by atoms with Crippen LogP contribution in [-0.4, -0.2) is 55.9 Å². The SMILES string of the molecule is COc1ccc([C@@H]2c3cc(OC)c(OC)cc3CCN2C(=O)N[C@@H](CC(C)C)C(=O)O)cc1. The van der Waals surface area contributed by atoms with Gasteiger partial charge in [-0.3, -0.25) is 0 Å². The van der Waals surface area contributed by atoms with Crippen molar-refractivity contribution in [2.45, 2.75) is 38.8 Å². The lowest BCUT2D eigenvalue weighted by molar-refractivity contribution is -0.139. The fraction of sp³-hybridized carbons (Fsp3) is 0.440. The highest BCUT2D eigenvalue weighted by molar-refractivity contribution is 5.83. The maximum absolute atomic E-state index is 13.4. The van der Waals surface area contributed by atoms with Gasteiger partial charge in [0.05, 0.1) is 27.4 Å². The van der Waals surface area contributed by atoms with Crippen LogP contribution in [0.4, 0.5) is 4.79 Å². The number of methoxy groups -OCH3 is 3. The van der Waals surface area contributed by atoms with Gasteiger partial charge in [-0.15, -0.1) is 0 Å². The van der Waals surface area contributed by atoms with Crippen molar-refractivity contribution >= 4 is 12.0 Å². The molecule has 2 amide bonds. The number of amides is 2. The van der Waals surface area contributed by atoms with E-state index in [0.717, 1.165) is 16.7 Å². The van der Waals surface area contributed by atoms with E-state index in [1.807, 2.05) is 50.2 Å². The number of carboxylic acids is 1. The van der Waals surface area contributed by atoms with E-state index in [-0.39, 0.29) is 5.92 Å². The van der Waals surface area contributed by atoms with Crippen molar-refractivity contribution in [1.29, 1.82) is 0 Å². The maximum Gasteiger partial charge on any atom is 0.326 e. The Morgan fingerprint density at radius 1 is 1.06 bits per heavy atom. The van der Waals surface area contributed by atoms with Gasteiger partial charge in [-0.1, -0.05) is 26.0 Å². The summed E-state index contributed by atoms with van der Waals surface area (Å²) in [5.41, 5.74) is 2.85. The van der Waals surface area contributed by atoms with E-state index in [1.54, 1.807) is 26.2 Å². The molecule has 0 saturated heterocycles. The molecule has 33 heavy (non-hydrogen) atoms. The van der Waals surface area contributed by atoms with Crippen LogP contribution in [0.5, 0.6) is 17.2 Å². The molecule has 1 heterocycles. The molecule has 1 aliphatic heterocycles. The van der Waals surface area contributed by atoms with Gasteiger partial charge in [-0.05, 0) is 59.7 Å². The Hall–Kier alpha value is -3.42. The number of rotatable bonds is 8. The molecular weight excluding hydrogens is 424 g/mol. The molecule has 1 aliphatic rings. The zero-order valence-corrected chi connectivity index (χ0v) is 19.8. The molecular formula is C25H32N2O6. The molecule has 0 unspecified atom stereocenters. The number of aliphatic carboxylic acids is 1. The lowest BCUT2D eigenvalue weighted by Crippen LogP contribution is -2.51. The Bertz CT molecular complexity index is 989. The summed E-state index contributed by atoms with van der Waals surface area (Å²) in [6.07, 6.45) is 0.960. The smallest absolute Gasteiger partial charge is 0.326 e. The van der Waals surface area contributed by atoms with Gasteiger partial charge in [0.1, 0.15) is 11.8 Å². The van der Waals surface area contributed by atoms with Crippen LogP contribution in [-0.2, 0) is 11.2 Å². The van der Waals surface area contributed by atoms with Crippen molar-refractivity contribution < 1.29 is 28.9 Å². The van der Waals surface area contributed by atoms with Crippen molar-refractivity contribution in [3.63, 3.8) is 0 Å². The third kappa shape index (κ3) is 5.32. The van der Waals surface area contributed by atoms with Crippen molar-refractivity contribution in [2.75, 3.05) is 27.9 Å². The van der Waals surface area contributed by atoms with E-state index in [9.17, 15) is 14.7 Å². The Labute approximate surface area is 194 Å². The van der Waals surface area contributed by atoms with E-state index in [2.05, 4.69) is 5.32 Å². The number of carbonyl (C=O) groups excluding carboxylic acids is 1. The topological polar surface area (TPSA) is 97.3 Å². The van der Waals surface area contributed by atoms with Crippen molar-refractivity contribution in [3.8, 4) is 17.2 Å². The summed E-state index contributed by atoms with van der Waals surface area (Å²) in [4.78, 5) is 26.8. The molecule has 8 nitrogen and oxygen atoms in total. The number of ether oxygens (including phenoxy) is 3. The highest BCUT2D eigenvalue weighted by atomic mass is 16.5. The number of carbonyl (C=O) groups is 2. The number of nitrogens with zero attached hydrogens (tertiary/aromatic N) is 1. The summed E-state index contributed by atoms with van der Waals surface area (Å²) >= 11 is 0. The van der Waals surface area contributed by atoms with Crippen LogP contribution in [0.2, 0.25) is 0 Å². The minimum absolute atomic E-state index is 0.127. The molecule has 3 rings (SSSR count).